The van der Waals surface area contributed by atoms with Crippen LogP contribution < -0.4 is 0 Å². The van der Waals surface area contributed by atoms with Crippen LogP contribution in [0.4, 0.5) is 0 Å². The Bertz CT molecular complexity index is 3490. The maximum Gasteiger partial charge on any atom is 0.136 e. The minimum Gasteiger partial charge on any atom is -0.456 e. The van der Waals surface area contributed by atoms with Crippen molar-refractivity contribution in [2.24, 2.45) is 0 Å². The lowest BCUT2D eigenvalue weighted by Gasteiger charge is -2.20. The van der Waals surface area contributed by atoms with E-state index in [2.05, 4.69) is 0 Å². The van der Waals surface area contributed by atoms with E-state index in [1.165, 1.54) is 0 Å². The van der Waals surface area contributed by atoms with Crippen molar-refractivity contribution in [2.75, 3.05) is 0 Å². The van der Waals surface area contributed by atoms with Crippen molar-refractivity contribution >= 4 is 54.3 Å². The van der Waals surface area contributed by atoms with Crippen LogP contribution in [0.1, 0.15) is 16.4 Å². The van der Waals surface area contributed by atoms with Gasteiger partial charge in [0.05, 0.1) is 16.4 Å². The summed E-state index contributed by atoms with van der Waals surface area (Å²) in [6.45, 7) is 0. The fourth-order valence-corrected chi connectivity index (χ4v) is 6.93. The van der Waals surface area contributed by atoms with Gasteiger partial charge in [-0.25, -0.2) is 0 Å². The standard InChI is InChI=1S/C48H30O/c1-3-14-31(15-4-1)33-26-27-41-45(30-33)49-44-25-13-24-42(48(41)44)46-37-20-9-11-22-39(37)47(40-23-12-10-21-38(40)46)43-29-35(32-16-5-2-6-17-32)28-34-18-7-8-19-36(34)43/h1-30H/i7D,8D,13D,18D,19D,24D,25D,26D,27D,28D,29D,30D. The van der Waals surface area contributed by atoms with Crippen molar-refractivity contribution in [1.82, 2.24) is 0 Å². The fourth-order valence-electron chi connectivity index (χ4n) is 6.93. The molecule has 1 heteroatoms. The molecule has 1 heterocycles. The van der Waals surface area contributed by atoms with Gasteiger partial charge in [0.25, 0.3) is 0 Å². The summed E-state index contributed by atoms with van der Waals surface area (Å²) in [5, 5.41) is 2.27. The average Bonchev–Trinajstić information content (AvgIpc) is 3.68. The monoisotopic (exact) mass is 634 g/mol. The van der Waals surface area contributed by atoms with Crippen LogP contribution in [0, 0.1) is 0 Å². The molecule has 0 unspecified atom stereocenters. The molecule has 0 bridgehead atoms. The normalized spacial score (nSPS) is 15.1. The summed E-state index contributed by atoms with van der Waals surface area (Å²) in [5.41, 5.74) is 2.48. The summed E-state index contributed by atoms with van der Waals surface area (Å²) in [5.74, 6) is 0. The molecule has 0 radical (unpaired) electrons. The van der Waals surface area contributed by atoms with Gasteiger partial charge < -0.3 is 4.42 Å². The minimum atomic E-state index is -0.508. The molecule has 0 saturated heterocycles. The van der Waals surface area contributed by atoms with E-state index in [1.807, 2.05) is 30.3 Å². The highest BCUT2D eigenvalue weighted by atomic mass is 16.3. The first-order chi connectivity index (χ1) is 29.3. The van der Waals surface area contributed by atoms with E-state index in [1.54, 1.807) is 78.9 Å². The van der Waals surface area contributed by atoms with Crippen molar-refractivity contribution in [2.45, 2.75) is 0 Å². The van der Waals surface area contributed by atoms with Crippen LogP contribution in [-0.2, 0) is 0 Å². The molecule has 10 aromatic rings. The average molecular weight is 635 g/mol. The van der Waals surface area contributed by atoms with Gasteiger partial charge in [-0.3, -0.25) is 0 Å². The van der Waals surface area contributed by atoms with Crippen molar-refractivity contribution in [3.05, 3.63) is 182 Å². The molecule has 9 aromatic carbocycles. The lowest BCUT2D eigenvalue weighted by atomic mass is 9.83. The Morgan fingerprint density at radius 2 is 0.959 bits per heavy atom. The predicted octanol–water partition coefficient (Wildman–Crippen LogP) is 13.7. The molecule has 1 nitrogen and oxygen atoms in total. The Balaban J connectivity index is 1.42. The molecule has 228 valence electrons. The summed E-state index contributed by atoms with van der Waals surface area (Å²) < 4.78 is 117. The van der Waals surface area contributed by atoms with E-state index in [4.69, 9.17) is 12.6 Å². The minimum absolute atomic E-state index is 0.0131. The van der Waals surface area contributed by atoms with Crippen LogP contribution in [0.15, 0.2) is 186 Å². The van der Waals surface area contributed by atoms with Crippen LogP contribution in [0.25, 0.3) is 98.8 Å². The van der Waals surface area contributed by atoms with Gasteiger partial charge in [0.15, 0.2) is 0 Å². The van der Waals surface area contributed by atoms with Crippen LogP contribution in [0.2, 0.25) is 0 Å². The number of benzene rings is 9. The summed E-state index contributed by atoms with van der Waals surface area (Å²) in [7, 11) is 0. The highest BCUT2D eigenvalue weighted by molar-refractivity contribution is 6.27. The molecule has 0 atom stereocenters. The van der Waals surface area contributed by atoms with E-state index < -0.39 is 36.3 Å². The molecule has 0 N–H and O–H groups in total. The van der Waals surface area contributed by atoms with Crippen LogP contribution in [-0.4, -0.2) is 0 Å². The van der Waals surface area contributed by atoms with Gasteiger partial charge in [0, 0.05) is 10.8 Å². The van der Waals surface area contributed by atoms with Gasteiger partial charge in [-0.05, 0) is 107 Å². The molecule has 1 aromatic heterocycles. The molecule has 10 rings (SSSR count). The van der Waals surface area contributed by atoms with Gasteiger partial charge >= 0.3 is 0 Å². The Morgan fingerprint density at radius 3 is 1.63 bits per heavy atom. The largest absolute Gasteiger partial charge is 0.456 e. The van der Waals surface area contributed by atoms with Gasteiger partial charge in [0.2, 0.25) is 0 Å². The number of hydrogen-bond donors (Lipinski definition) is 0. The smallest absolute Gasteiger partial charge is 0.136 e. The second-order valence-electron chi connectivity index (χ2n) is 11.8. The SMILES string of the molecule is [2H]c1c([2H])c(-c2c3ccccc3c(-c3c([2H])c(-c4ccccc4)c([2H])c4c([2H])c([2H])c([2H])c([2H])c34)c3ccccc23)c2c(oc3c([2H])c(-c4ccccc4)c([2H])c([2H])c32)c1[2H]. The van der Waals surface area contributed by atoms with Crippen molar-refractivity contribution in [3.63, 3.8) is 0 Å². The zero-order valence-electron chi connectivity index (χ0n) is 37.8. The second-order valence-corrected chi connectivity index (χ2v) is 11.8. The molecule has 49 heavy (non-hydrogen) atoms. The fraction of sp³-hybridized carbons (Fsp3) is 0. The van der Waals surface area contributed by atoms with E-state index in [0.29, 0.717) is 43.8 Å². The Labute approximate surface area is 301 Å². The van der Waals surface area contributed by atoms with Gasteiger partial charge in [0.1, 0.15) is 11.2 Å². The first-order valence-corrected chi connectivity index (χ1v) is 15.9. The van der Waals surface area contributed by atoms with E-state index in [-0.39, 0.29) is 91.2 Å². The molecule has 0 amide bonds. The van der Waals surface area contributed by atoms with E-state index in [0.717, 1.165) is 0 Å². The highest BCUT2D eigenvalue weighted by Crippen LogP contribution is 2.48. The van der Waals surface area contributed by atoms with Crippen LogP contribution >= 0.6 is 0 Å². The Hall–Kier alpha value is -6.44. The van der Waals surface area contributed by atoms with Crippen LogP contribution in [0.5, 0.6) is 0 Å². The second kappa shape index (κ2) is 11.1. The first-order valence-electron chi connectivity index (χ1n) is 21.9. The number of fused-ring (bicyclic) bond motifs is 6. The zero-order chi connectivity index (χ0) is 42.8. The maximum atomic E-state index is 9.89. The Morgan fingerprint density at radius 1 is 0.367 bits per heavy atom. The summed E-state index contributed by atoms with van der Waals surface area (Å²) >= 11 is 0. The Kier molecular flexibility index (Phi) is 4.11. The van der Waals surface area contributed by atoms with Crippen molar-refractivity contribution in [1.29, 1.82) is 0 Å². The van der Waals surface area contributed by atoms with Gasteiger partial charge in [-0.2, -0.15) is 0 Å². The molecule has 0 spiro atoms. The zero-order valence-corrected chi connectivity index (χ0v) is 25.8. The van der Waals surface area contributed by atoms with Crippen molar-refractivity contribution < 1.29 is 20.9 Å². The van der Waals surface area contributed by atoms with E-state index >= 15 is 0 Å². The number of hydrogen-bond acceptors (Lipinski definition) is 1. The molecule has 0 saturated carbocycles. The molecule has 0 aliphatic rings. The predicted molar refractivity (Wildman–Crippen MR) is 208 cm³/mol. The molecular weight excluding hydrogens is 593 g/mol. The lowest BCUT2D eigenvalue weighted by Crippen LogP contribution is -1.93. The number of furan rings is 1. The topological polar surface area (TPSA) is 13.1 Å². The quantitative estimate of drug-likeness (QED) is 0.176. The molecule has 0 aliphatic carbocycles. The summed E-state index contributed by atoms with van der Waals surface area (Å²) in [6.07, 6.45) is 0. The van der Waals surface area contributed by atoms with E-state index in [9.17, 15) is 8.22 Å². The summed E-state index contributed by atoms with van der Waals surface area (Å²) in [6, 6.07) is 28.1. The third kappa shape index (κ3) is 4.40. The first kappa shape index (κ1) is 18.2. The van der Waals surface area contributed by atoms with Crippen molar-refractivity contribution in [3.8, 4) is 44.5 Å². The van der Waals surface area contributed by atoms with Crippen LogP contribution in [0.3, 0.4) is 0 Å². The third-order valence-corrected chi connectivity index (χ3v) is 9.07. The third-order valence-electron chi connectivity index (χ3n) is 9.07. The van der Waals surface area contributed by atoms with Gasteiger partial charge in [-0.15, -0.1) is 0 Å². The number of rotatable bonds is 4. The summed E-state index contributed by atoms with van der Waals surface area (Å²) in [4.78, 5) is 0. The van der Waals surface area contributed by atoms with Gasteiger partial charge in [-0.1, -0.05) is 151 Å². The maximum absolute atomic E-state index is 9.89. The molecular formula is C48H30O. The highest BCUT2D eigenvalue weighted by Gasteiger charge is 2.21. The molecule has 0 aliphatic heterocycles. The molecule has 0 fully saturated rings. The lowest BCUT2D eigenvalue weighted by molar-refractivity contribution is 0.669.